The third kappa shape index (κ3) is 4.00. The lowest BCUT2D eigenvalue weighted by molar-refractivity contribution is -0.123. The first-order valence-electron chi connectivity index (χ1n) is 7.62. The largest absolute Gasteiger partial charge is 0.448 e. The van der Waals surface area contributed by atoms with Gasteiger partial charge < -0.3 is 14.6 Å². The Morgan fingerprint density at radius 2 is 1.78 bits per heavy atom. The number of nitrogens with zero attached hydrogens (tertiary/aromatic N) is 1. The second-order valence-electron chi connectivity index (χ2n) is 5.78. The lowest BCUT2D eigenvalue weighted by atomic mass is 10.0. The number of esters is 1. The molecule has 2 aromatic rings. The van der Waals surface area contributed by atoms with Gasteiger partial charge in [0.25, 0.3) is 5.91 Å². The van der Waals surface area contributed by atoms with Crippen LogP contribution in [0.15, 0.2) is 42.6 Å². The van der Waals surface area contributed by atoms with Crippen molar-refractivity contribution in [2.24, 2.45) is 7.05 Å². The fourth-order valence-corrected chi connectivity index (χ4v) is 2.30. The van der Waals surface area contributed by atoms with E-state index in [1.165, 1.54) is 0 Å². The number of ether oxygens (including phenoxy) is 1. The number of anilines is 1. The van der Waals surface area contributed by atoms with E-state index in [1.807, 2.05) is 24.3 Å². The van der Waals surface area contributed by atoms with Gasteiger partial charge in [-0.05, 0) is 36.6 Å². The van der Waals surface area contributed by atoms with Crippen LogP contribution in [0.5, 0.6) is 0 Å². The number of carbonyl (C=O) groups excluding carboxylic acids is 2. The average Bonchev–Trinajstić information content (AvgIpc) is 2.93. The highest BCUT2D eigenvalue weighted by Crippen LogP contribution is 2.23. The Balaban J connectivity index is 2.04. The summed E-state index contributed by atoms with van der Waals surface area (Å²) in [5, 5.41) is 2.83. The molecule has 0 aliphatic carbocycles. The minimum atomic E-state index is -0.877. The maximum absolute atomic E-state index is 12.3. The SMILES string of the molecule is CC(C)c1ccccc1NC(=O)[C@H](C)OC(=O)c1cccn1C. The summed E-state index contributed by atoms with van der Waals surface area (Å²) in [5.74, 6) is -0.578. The molecule has 0 saturated carbocycles. The number of hydrogen-bond acceptors (Lipinski definition) is 3. The highest BCUT2D eigenvalue weighted by atomic mass is 16.5. The van der Waals surface area contributed by atoms with Gasteiger partial charge in [0.05, 0.1) is 0 Å². The quantitative estimate of drug-likeness (QED) is 0.861. The first-order chi connectivity index (χ1) is 10.9. The first-order valence-corrected chi connectivity index (χ1v) is 7.62. The zero-order valence-electron chi connectivity index (χ0n) is 13.9. The Morgan fingerprint density at radius 3 is 2.39 bits per heavy atom. The number of benzene rings is 1. The van der Waals surface area contributed by atoms with Crippen LogP contribution in [-0.2, 0) is 16.6 Å². The normalized spacial score (nSPS) is 12.0. The van der Waals surface area contributed by atoms with Crippen LogP contribution in [0, 0.1) is 0 Å². The van der Waals surface area contributed by atoms with Crippen molar-refractivity contribution in [1.29, 1.82) is 0 Å². The summed E-state index contributed by atoms with van der Waals surface area (Å²) in [4.78, 5) is 24.3. The highest BCUT2D eigenvalue weighted by Gasteiger charge is 2.21. The lowest BCUT2D eigenvalue weighted by Gasteiger charge is -2.17. The van der Waals surface area contributed by atoms with E-state index in [-0.39, 0.29) is 11.8 Å². The maximum Gasteiger partial charge on any atom is 0.355 e. The Labute approximate surface area is 136 Å². The molecule has 0 fully saturated rings. The molecule has 1 N–H and O–H groups in total. The summed E-state index contributed by atoms with van der Waals surface area (Å²) in [7, 11) is 1.75. The van der Waals surface area contributed by atoms with E-state index in [1.54, 1.807) is 36.9 Å². The molecular weight excluding hydrogens is 292 g/mol. The summed E-state index contributed by atoms with van der Waals surface area (Å²) < 4.78 is 6.89. The molecule has 0 bridgehead atoms. The fourth-order valence-electron chi connectivity index (χ4n) is 2.30. The molecule has 0 unspecified atom stereocenters. The van der Waals surface area contributed by atoms with Crippen molar-refractivity contribution in [1.82, 2.24) is 4.57 Å². The molecule has 5 heteroatoms. The van der Waals surface area contributed by atoms with E-state index in [0.717, 1.165) is 11.3 Å². The standard InChI is InChI=1S/C18H22N2O3/c1-12(2)14-8-5-6-9-15(14)19-17(21)13(3)23-18(22)16-10-7-11-20(16)4/h5-13H,1-4H3,(H,19,21)/t13-/m0/s1. The maximum atomic E-state index is 12.3. The predicted octanol–water partition coefficient (Wildman–Crippen LogP) is 3.33. The van der Waals surface area contributed by atoms with Gasteiger partial charge in [0.2, 0.25) is 0 Å². The Kier molecular flexibility index (Phi) is 5.21. The topological polar surface area (TPSA) is 60.3 Å². The molecule has 122 valence electrons. The minimum absolute atomic E-state index is 0.285. The number of nitrogens with one attached hydrogen (secondary N) is 1. The minimum Gasteiger partial charge on any atom is -0.448 e. The molecule has 1 aromatic carbocycles. The van der Waals surface area contributed by atoms with Crippen LogP contribution in [0.25, 0.3) is 0 Å². The molecule has 0 aliphatic rings. The monoisotopic (exact) mass is 314 g/mol. The van der Waals surface area contributed by atoms with Crippen LogP contribution in [0.4, 0.5) is 5.69 Å². The molecule has 0 aliphatic heterocycles. The number of para-hydroxylation sites is 1. The van der Waals surface area contributed by atoms with Crippen LogP contribution >= 0.6 is 0 Å². The molecular formula is C18H22N2O3. The number of aromatic nitrogens is 1. The first kappa shape index (κ1) is 16.8. The van der Waals surface area contributed by atoms with Crippen LogP contribution in [0.2, 0.25) is 0 Å². The Bertz CT molecular complexity index is 704. The summed E-state index contributed by atoms with van der Waals surface area (Å²) in [6, 6.07) is 11.0. The molecule has 1 aromatic heterocycles. The summed E-state index contributed by atoms with van der Waals surface area (Å²) in [6.07, 6.45) is 0.873. The van der Waals surface area contributed by atoms with Crippen LogP contribution < -0.4 is 5.32 Å². The number of carbonyl (C=O) groups is 2. The lowest BCUT2D eigenvalue weighted by Crippen LogP contribution is -2.30. The Morgan fingerprint density at radius 1 is 1.09 bits per heavy atom. The molecule has 23 heavy (non-hydrogen) atoms. The van der Waals surface area contributed by atoms with Crippen LogP contribution in [-0.4, -0.2) is 22.5 Å². The molecule has 5 nitrogen and oxygen atoms in total. The van der Waals surface area contributed by atoms with Crippen molar-refractivity contribution in [3.8, 4) is 0 Å². The van der Waals surface area contributed by atoms with Gasteiger partial charge in [-0.15, -0.1) is 0 Å². The van der Waals surface area contributed by atoms with Gasteiger partial charge in [-0.25, -0.2) is 4.79 Å². The van der Waals surface area contributed by atoms with Crippen molar-refractivity contribution in [2.45, 2.75) is 32.8 Å². The smallest absolute Gasteiger partial charge is 0.355 e. The summed E-state index contributed by atoms with van der Waals surface area (Å²) in [5.41, 5.74) is 2.20. The van der Waals surface area contributed by atoms with Gasteiger partial charge in [0.15, 0.2) is 6.10 Å². The number of hydrogen-bond donors (Lipinski definition) is 1. The zero-order chi connectivity index (χ0) is 17.0. The number of aryl methyl sites for hydroxylation is 1. The van der Waals surface area contributed by atoms with E-state index in [9.17, 15) is 9.59 Å². The van der Waals surface area contributed by atoms with Gasteiger partial charge in [0, 0.05) is 18.9 Å². The third-order valence-corrected chi connectivity index (χ3v) is 3.65. The van der Waals surface area contributed by atoms with Gasteiger partial charge >= 0.3 is 5.97 Å². The second-order valence-corrected chi connectivity index (χ2v) is 5.78. The predicted molar refractivity (Wildman–Crippen MR) is 89.5 cm³/mol. The summed E-state index contributed by atoms with van der Waals surface area (Å²) in [6.45, 7) is 5.68. The van der Waals surface area contributed by atoms with Crippen molar-refractivity contribution in [2.75, 3.05) is 5.32 Å². The van der Waals surface area contributed by atoms with Crippen molar-refractivity contribution >= 4 is 17.6 Å². The van der Waals surface area contributed by atoms with Crippen molar-refractivity contribution in [3.05, 3.63) is 53.9 Å². The van der Waals surface area contributed by atoms with E-state index in [0.29, 0.717) is 5.69 Å². The number of rotatable bonds is 5. The van der Waals surface area contributed by atoms with Crippen LogP contribution in [0.3, 0.4) is 0 Å². The molecule has 1 amide bonds. The highest BCUT2D eigenvalue weighted by molar-refractivity contribution is 5.97. The molecule has 0 saturated heterocycles. The molecule has 0 spiro atoms. The van der Waals surface area contributed by atoms with Gasteiger partial charge in [-0.3, -0.25) is 4.79 Å². The van der Waals surface area contributed by atoms with Gasteiger partial charge in [-0.2, -0.15) is 0 Å². The number of amides is 1. The van der Waals surface area contributed by atoms with Gasteiger partial charge in [-0.1, -0.05) is 32.0 Å². The zero-order valence-corrected chi connectivity index (χ0v) is 13.9. The van der Waals surface area contributed by atoms with E-state index in [2.05, 4.69) is 19.2 Å². The summed E-state index contributed by atoms with van der Waals surface area (Å²) >= 11 is 0. The van der Waals surface area contributed by atoms with Crippen molar-refractivity contribution in [3.63, 3.8) is 0 Å². The second kappa shape index (κ2) is 7.13. The Hall–Kier alpha value is -2.56. The molecule has 2 rings (SSSR count). The molecule has 0 radical (unpaired) electrons. The van der Waals surface area contributed by atoms with Crippen molar-refractivity contribution < 1.29 is 14.3 Å². The van der Waals surface area contributed by atoms with Gasteiger partial charge in [0.1, 0.15) is 5.69 Å². The van der Waals surface area contributed by atoms with E-state index >= 15 is 0 Å². The molecule has 1 atom stereocenters. The van der Waals surface area contributed by atoms with E-state index in [4.69, 9.17) is 4.74 Å². The average molecular weight is 314 g/mol. The van der Waals surface area contributed by atoms with Crippen LogP contribution in [0.1, 0.15) is 42.7 Å². The molecule has 1 heterocycles. The fraction of sp³-hybridized carbons (Fsp3) is 0.333. The van der Waals surface area contributed by atoms with E-state index < -0.39 is 12.1 Å². The third-order valence-electron chi connectivity index (χ3n) is 3.65.